The molecule has 0 fully saturated rings. The van der Waals surface area contributed by atoms with Gasteiger partial charge in [0.1, 0.15) is 11.4 Å². The number of aromatic amines is 1. The molecule has 0 unspecified atom stereocenters. The van der Waals surface area contributed by atoms with Crippen molar-refractivity contribution >= 4 is 22.5 Å². The Bertz CT molecular complexity index is 1400. The number of anilines is 1. The molecule has 5 aromatic rings. The number of nitrogens with one attached hydrogen (secondary N) is 2. The molecule has 0 spiro atoms. The molecule has 0 atom stereocenters. The first kappa shape index (κ1) is 19.6. The first-order valence-electron chi connectivity index (χ1n) is 10.2. The molecule has 0 bridgehead atoms. The number of hydrogen-bond donors (Lipinski definition) is 2. The molecule has 1 amide bonds. The summed E-state index contributed by atoms with van der Waals surface area (Å²) in [5, 5.41) is 16.7. The van der Waals surface area contributed by atoms with Gasteiger partial charge >= 0.3 is 0 Å². The third kappa shape index (κ3) is 3.96. The number of carbonyl (C=O) groups excluding carboxylic acids is 1. The van der Waals surface area contributed by atoms with Crippen LogP contribution in [0.2, 0.25) is 0 Å². The maximum absolute atomic E-state index is 12.7. The summed E-state index contributed by atoms with van der Waals surface area (Å²) < 4.78 is 7.06. The van der Waals surface area contributed by atoms with Gasteiger partial charge < -0.3 is 10.1 Å². The summed E-state index contributed by atoms with van der Waals surface area (Å²) in [6, 6.07) is 25.5. The summed E-state index contributed by atoms with van der Waals surface area (Å²) in [6.45, 7) is 0.612. The number of amides is 1. The number of ether oxygens (including phenoxy) is 1. The SMILES string of the molecule is COc1cccc(-c2cc(C(=O)Nc3ccn(Cc4cccc5ccccc45)n3)[nH]n2)c1. The molecule has 3 aromatic carbocycles. The Morgan fingerprint density at radius 1 is 1.03 bits per heavy atom. The topological polar surface area (TPSA) is 84.8 Å². The van der Waals surface area contributed by atoms with Crippen LogP contribution in [0.4, 0.5) is 5.82 Å². The van der Waals surface area contributed by atoms with Crippen LogP contribution in [0, 0.1) is 0 Å². The fraction of sp³-hybridized carbons (Fsp3) is 0.0800. The fourth-order valence-corrected chi connectivity index (χ4v) is 3.67. The van der Waals surface area contributed by atoms with Gasteiger partial charge in [0, 0.05) is 17.8 Å². The molecular weight excluding hydrogens is 402 g/mol. The van der Waals surface area contributed by atoms with Crippen molar-refractivity contribution in [2.24, 2.45) is 0 Å². The van der Waals surface area contributed by atoms with E-state index in [2.05, 4.69) is 44.9 Å². The first-order chi connectivity index (χ1) is 15.7. The molecule has 7 heteroatoms. The third-order valence-electron chi connectivity index (χ3n) is 5.28. The second-order valence-corrected chi connectivity index (χ2v) is 7.39. The lowest BCUT2D eigenvalue weighted by molar-refractivity contribution is 0.102. The minimum Gasteiger partial charge on any atom is -0.497 e. The van der Waals surface area contributed by atoms with Crippen LogP contribution in [0.1, 0.15) is 16.1 Å². The highest BCUT2D eigenvalue weighted by Gasteiger charge is 2.13. The summed E-state index contributed by atoms with van der Waals surface area (Å²) >= 11 is 0. The van der Waals surface area contributed by atoms with Crippen LogP contribution in [0.5, 0.6) is 5.75 Å². The van der Waals surface area contributed by atoms with Crippen LogP contribution in [-0.2, 0) is 6.54 Å². The number of methoxy groups -OCH3 is 1. The lowest BCUT2D eigenvalue weighted by atomic mass is 10.0. The van der Waals surface area contributed by atoms with Crippen molar-refractivity contribution < 1.29 is 9.53 Å². The molecule has 2 aromatic heterocycles. The number of benzene rings is 3. The van der Waals surface area contributed by atoms with Crippen LogP contribution >= 0.6 is 0 Å². The predicted octanol–water partition coefficient (Wildman–Crippen LogP) is 4.74. The van der Waals surface area contributed by atoms with Crippen molar-refractivity contribution in [1.82, 2.24) is 20.0 Å². The molecule has 0 aliphatic rings. The van der Waals surface area contributed by atoms with Gasteiger partial charge in [-0.2, -0.15) is 10.2 Å². The number of H-pyrrole nitrogens is 1. The molecule has 5 rings (SSSR count). The standard InChI is InChI=1S/C25H21N5O2/c1-32-20-10-5-8-18(14-20)22-15-23(28-27-22)25(31)26-24-12-13-30(29-24)16-19-9-4-7-17-6-2-3-11-21(17)19/h2-15H,16H2,1H3,(H,27,28)(H,26,29,31). The van der Waals surface area contributed by atoms with E-state index in [-0.39, 0.29) is 5.91 Å². The maximum Gasteiger partial charge on any atom is 0.274 e. The molecule has 32 heavy (non-hydrogen) atoms. The van der Waals surface area contributed by atoms with E-state index in [0.717, 1.165) is 11.3 Å². The number of hydrogen-bond acceptors (Lipinski definition) is 4. The van der Waals surface area contributed by atoms with Crippen LogP contribution in [0.3, 0.4) is 0 Å². The second-order valence-electron chi connectivity index (χ2n) is 7.39. The zero-order chi connectivity index (χ0) is 21.9. The third-order valence-corrected chi connectivity index (χ3v) is 5.28. The minimum atomic E-state index is -0.304. The molecule has 0 aliphatic heterocycles. The highest BCUT2D eigenvalue weighted by Crippen LogP contribution is 2.23. The van der Waals surface area contributed by atoms with Gasteiger partial charge in [-0.3, -0.25) is 14.6 Å². The summed E-state index contributed by atoms with van der Waals surface area (Å²) in [5.41, 5.74) is 3.04. The largest absolute Gasteiger partial charge is 0.497 e. The molecule has 158 valence electrons. The van der Waals surface area contributed by atoms with Crippen molar-refractivity contribution in [3.8, 4) is 17.0 Å². The quantitative estimate of drug-likeness (QED) is 0.413. The van der Waals surface area contributed by atoms with E-state index in [4.69, 9.17) is 4.74 Å². The van der Waals surface area contributed by atoms with Crippen LogP contribution in [0.15, 0.2) is 85.1 Å². The van der Waals surface area contributed by atoms with Crippen molar-refractivity contribution in [1.29, 1.82) is 0 Å². The molecular formula is C25H21N5O2. The van der Waals surface area contributed by atoms with E-state index >= 15 is 0 Å². The van der Waals surface area contributed by atoms with Gasteiger partial charge in [0.2, 0.25) is 0 Å². The first-order valence-corrected chi connectivity index (χ1v) is 10.2. The van der Waals surface area contributed by atoms with Crippen LogP contribution in [-0.4, -0.2) is 33.0 Å². The normalized spacial score (nSPS) is 10.9. The number of nitrogens with zero attached hydrogens (tertiary/aromatic N) is 3. The monoisotopic (exact) mass is 423 g/mol. The van der Waals surface area contributed by atoms with E-state index in [1.165, 1.54) is 16.3 Å². The highest BCUT2D eigenvalue weighted by atomic mass is 16.5. The molecule has 0 aliphatic carbocycles. The zero-order valence-electron chi connectivity index (χ0n) is 17.4. The Kier molecular flexibility index (Phi) is 5.13. The molecule has 2 N–H and O–H groups in total. The summed E-state index contributed by atoms with van der Waals surface area (Å²) in [4.78, 5) is 12.7. The summed E-state index contributed by atoms with van der Waals surface area (Å²) in [5.74, 6) is 0.906. The van der Waals surface area contributed by atoms with Gasteiger partial charge in [-0.05, 0) is 34.5 Å². The average Bonchev–Trinajstić information content (AvgIpc) is 3.49. The van der Waals surface area contributed by atoms with Crippen LogP contribution in [0.25, 0.3) is 22.0 Å². The molecule has 2 heterocycles. The Labute approximate surface area is 184 Å². The van der Waals surface area contributed by atoms with E-state index in [9.17, 15) is 4.79 Å². The van der Waals surface area contributed by atoms with Gasteiger partial charge in [0.25, 0.3) is 5.91 Å². The van der Waals surface area contributed by atoms with Gasteiger partial charge in [0.15, 0.2) is 5.82 Å². The number of carbonyl (C=O) groups is 1. The van der Waals surface area contributed by atoms with E-state index < -0.39 is 0 Å². The maximum atomic E-state index is 12.7. The summed E-state index contributed by atoms with van der Waals surface area (Å²) in [7, 11) is 1.61. The lowest BCUT2D eigenvalue weighted by Crippen LogP contribution is -2.13. The fourth-order valence-electron chi connectivity index (χ4n) is 3.67. The van der Waals surface area contributed by atoms with Gasteiger partial charge in [-0.15, -0.1) is 0 Å². The number of rotatable bonds is 6. The Hall–Kier alpha value is -4.39. The number of fused-ring (bicyclic) bond motifs is 1. The zero-order valence-corrected chi connectivity index (χ0v) is 17.4. The van der Waals surface area contributed by atoms with Crippen molar-refractivity contribution in [3.05, 3.63) is 96.3 Å². The molecule has 7 nitrogen and oxygen atoms in total. The smallest absolute Gasteiger partial charge is 0.274 e. The van der Waals surface area contributed by atoms with Crippen molar-refractivity contribution in [2.45, 2.75) is 6.54 Å². The Balaban J connectivity index is 1.29. The number of aromatic nitrogens is 4. The van der Waals surface area contributed by atoms with Gasteiger partial charge in [-0.25, -0.2) is 0 Å². The minimum absolute atomic E-state index is 0.304. The van der Waals surface area contributed by atoms with E-state index in [0.29, 0.717) is 23.8 Å². The van der Waals surface area contributed by atoms with Crippen LogP contribution < -0.4 is 10.1 Å². The molecule has 0 saturated carbocycles. The Morgan fingerprint density at radius 3 is 2.78 bits per heavy atom. The molecule has 0 radical (unpaired) electrons. The van der Waals surface area contributed by atoms with E-state index in [1.807, 2.05) is 53.3 Å². The average molecular weight is 423 g/mol. The van der Waals surface area contributed by atoms with Gasteiger partial charge in [-0.1, -0.05) is 54.6 Å². The Morgan fingerprint density at radius 2 is 1.88 bits per heavy atom. The summed E-state index contributed by atoms with van der Waals surface area (Å²) in [6.07, 6.45) is 1.85. The lowest BCUT2D eigenvalue weighted by Gasteiger charge is -2.06. The van der Waals surface area contributed by atoms with Crippen molar-refractivity contribution in [3.63, 3.8) is 0 Å². The highest BCUT2D eigenvalue weighted by molar-refractivity contribution is 6.02. The predicted molar refractivity (Wildman–Crippen MR) is 124 cm³/mol. The van der Waals surface area contributed by atoms with Crippen molar-refractivity contribution in [2.75, 3.05) is 12.4 Å². The van der Waals surface area contributed by atoms with Gasteiger partial charge in [0.05, 0.1) is 19.3 Å². The molecule has 0 saturated heterocycles. The van der Waals surface area contributed by atoms with E-state index in [1.54, 1.807) is 19.2 Å². The second kappa shape index (κ2) is 8.39.